The molecule has 6 aromatic heterocycles. The third-order valence-electron chi connectivity index (χ3n) is 13.3. The third kappa shape index (κ3) is 23.3. The van der Waals surface area contributed by atoms with E-state index in [4.69, 9.17) is 43.1 Å². The van der Waals surface area contributed by atoms with E-state index >= 15 is 0 Å². The molecule has 0 unspecified atom stereocenters. The van der Waals surface area contributed by atoms with Gasteiger partial charge in [0.2, 0.25) is 5.97 Å². The van der Waals surface area contributed by atoms with Gasteiger partial charge in [0.05, 0.1) is 55.8 Å². The van der Waals surface area contributed by atoms with Crippen molar-refractivity contribution in [2.45, 2.75) is 89.5 Å². The molecular formula is C48H61BBr3Cl2N13Na5O11. The Balaban J connectivity index is 0.000000274. The number of fused-ring (bicyclic) bond motifs is 3. The molecule has 6 aromatic rings. The van der Waals surface area contributed by atoms with Crippen LogP contribution in [0.4, 0.5) is 5.82 Å². The van der Waals surface area contributed by atoms with Gasteiger partial charge in [-0.1, -0.05) is 23.2 Å². The summed E-state index contributed by atoms with van der Waals surface area (Å²) in [5.74, 6) is -0.914. The molecule has 427 valence electrons. The fourth-order valence-corrected chi connectivity index (χ4v) is 11.7. The van der Waals surface area contributed by atoms with E-state index in [2.05, 4.69) is 137 Å². The van der Waals surface area contributed by atoms with Crippen molar-refractivity contribution in [2.75, 3.05) is 84.6 Å². The zero-order chi connectivity index (χ0) is 59.2. The molecule has 35 heteroatoms. The molecule has 0 spiro atoms. The van der Waals surface area contributed by atoms with E-state index in [9.17, 15) is 19.2 Å². The molecule has 0 amide bonds. The van der Waals surface area contributed by atoms with Gasteiger partial charge >= 0.3 is 129 Å². The van der Waals surface area contributed by atoms with Gasteiger partial charge < -0.3 is 57.1 Å². The number of ketones is 1. The van der Waals surface area contributed by atoms with Crippen LogP contribution in [0.2, 0.25) is 10.3 Å². The van der Waals surface area contributed by atoms with Crippen LogP contribution < -0.4 is 40.6 Å². The van der Waals surface area contributed by atoms with Gasteiger partial charge in [-0.3, -0.25) is 19.4 Å². The molecule has 0 atom stereocenters. The number of morpholine rings is 3. The van der Waals surface area contributed by atoms with Gasteiger partial charge in [-0.2, -0.15) is 0 Å². The van der Waals surface area contributed by atoms with Gasteiger partial charge in [0.15, 0.2) is 0 Å². The summed E-state index contributed by atoms with van der Waals surface area (Å²) < 4.78 is 28.8. The van der Waals surface area contributed by atoms with Crippen LogP contribution in [0.3, 0.4) is 0 Å². The van der Waals surface area contributed by atoms with Crippen molar-refractivity contribution in [1.82, 2.24) is 58.7 Å². The molecule has 24 nitrogen and oxygen atoms in total. The molecule has 5 N–H and O–H groups in total. The third-order valence-corrected chi connectivity index (χ3v) is 15.7. The van der Waals surface area contributed by atoms with Crippen LogP contribution in [0.25, 0.3) is 33.1 Å². The van der Waals surface area contributed by atoms with Gasteiger partial charge in [-0.25, -0.2) is 49.3 Å². The topological polar surface area (TPSA) is 292 Å². The van der Waals surface area contributed by atoms with Gasteiger partial charge in [-0.05, 0) is 73.5 Å². The van der Waals surface area contributed by atoms with Crippen LogP contribution in [-0.4, -0.2) is 269 Å². The van der Waals surface area contributed by atoms with Crippen molar-refractivity contribution in [3.05, 3.63) is 61.3 Å². The van der Waals surface area contributed by atoms with E-state index in [-0.39, 0.29) is 41.1 Å². The minimum atomic E-state index is -0.639. The van der Waals surface area contributed by atoms with Crippen molar-refractivity contribution in [3.8, 4) is 0 Å². The zero-order valence-electron chi connectivity index (χ0n) is 48.1. The standard InChI is InChI=1S/C14H16BrClN4O.C14H18BrN5O.C10H7BrClN3O.C4H9NO.C4H6O4.C2H3BO2.5Na.H2O/c2*15-11-7-20(14-12(11)13(16)17-8-18-14)10-5-9(6-10)19-1-3-21-4-2-19;11-7-3-15(5-1-6(16)2-5)10-8(7)9(12)13-4-14-10;1-3-6-4-2-5-1;1-3(5)7-8-4(2)6;1-2(4)5-3;;;;;;/h7-10H,1-6H2;7-10H,1-6H2,(H2,16,17,18);3-5H,1-2H2;5H,1-4H2;1-2H3;1H3;;;;;;1H2/q;;;;;-1;;;;;+1;. The normalized spacial score (nSPS) is 19.9. The Morgan fingerprint density at radius 3 is 1.25 bits per heavy atom. The average molecular weight is 1430 g/mol. The number of hydrogen-bond acceptors (Lipinski definition) is 20. The number of aromatic nitrogens is 9. The van der Waals surface area contributed by atoms with Crippen molar-refractivity contribution in [2.24, 2.45) is 0 Å². The van der Waals surface area contributed by atoms with E-state index in [1.807, 2.05) is 10.8 Å². The summed E-state index contributed by atoms with van der Waals surface area (Å²) in [5.41, 5.74) is 8.59. The maximum absolute atomic E-state index is 11.0. The summed E-state index contributed by atoms with van der Waals surface area (Å²) in [7, 11) is 4.32. The van der Waals surface area contributed by atoms with Gasteiger partial charge in [0.1, 0.15) is 57.8 Å². The number of nitrogens with zero attached hydrogens (tertiary/aromatic N) is 11. The number of halogens is 5. The van der Waals surface area contributed by atoms with Crippen LogP contribution in [0.5, 0.6) is 0 Å². The first-order valence-corrected chi connectivity index (χ1v) is 45.9. The van der Waals surface area contributed by atoms with Crippen LogP contribution in [0.1, 0.15) is 77.4 Å². The first-order chi connectivity index (χ1) is 39.0. The number of anilines is 1. The van der Waals surface area contributed by atoms with E-state index < -0.39 is 17.9 Å². The maximum atomic E-state index is 11.0. The molecule has 3 saturated heterocycles. The summed E-state index contributed by atoms with van der Waals surface area (Å²) >= 11 is 28.5. The van der Waals surface area contributed by atoms with E-state index in [1.54, 1.807) is 6.33 Å². The second-order valence-electron chi connectivity index (χ2n) is 18.4. The summed E-state index contributed by atoms with van der Waals surface area (Å²) in [4.78, 5) is 78.0. The summed E-state index contributed by atoms with van der Waals surface area (Å²) in [5, 5.41) is 6.74. The number of hydrogen-bond donors (Lipinski definition) is 2. The summed E-state index contributed by atoms with van der Waals surface area (Å²) in [6, 6.07) is 2.56. The van der Waals surface area contributed by atoms with Crippen LogP contribution in [-0.2, 0) is 47.8 Å². The number of nitrogens with one attached hydrogen (secondary N) is 1. The number of carbonyl (C=O) groups excluding carboxylic acids is 4. The van der Waals surface area contributed by atoms with Gasteiger partial charge in [0.25, 0.3) is 0 Å². The van der Waals surface area contributed by atoms with E-state index in [0.717, 1.165) is 152 Å². The molecule has 9 heterocycles. The number of nitrogens with two attached hydrogens (primary N) is 1. The van der Waals surface area contributed by atoms with Gasteiger partial charge in [0, 0.05) is 135 Å². The Labute approximate surface area is 597 Å². The van der Waals surface area contributed by atoms with E-state index in [1.165, 1.54) is 120 Å². The van der Waals surface area contributed by atoms with Crippen LogP contribution in [0.15, 0.2) is 51.0 Å². The van der Waals surface area contributed by atoms with Gasteiger partial charge in [-0.15, -0.1) is 0 Å². The quantitative estimate of drug-likeness (QED) is 0.107. The molecule has 12 rings (SSSR count). The minimum absolute atomic E-state index is 0. The fraction of sp³-hybridized carbons (Fsp3) is 0.542. The monoisotopic (exact) mass is 1430 g/mol. The number of carbonyl (C=O) groups is 4. The second kappa shape index (κ2) is 41.1. The Morgan fingerprint density at radius 2 is 0.928 bits per heavy atom. The molecule has 0 aromatic carbocycles. The predicted octanol–water partition coefficient (Wildman–Crippen LogP) is 1.37. The summed E-state index contributed by atoms with van der Waals surface area (Å²) in [6.07, 6.45) is 16.4. The molecule has 6 aliphatic rings. The Bertz CT molecular complexity index is 2850. The van der Waals surface area contributed by atoms with Crippen molar-refractivity contribution in [1.29, 1.82) is 0 Å². The Morgan fingerprint density at radius 1 is 0.590 bits per heavy atom. The first kappa shape index (κ1) is 77.8. The van der Waals surface area contributed by atoms with Crippen LogP contribution in [0, 0.1) is 0 Å². The number of ether oxygens (including phenoxy) is 3. The van der Waals surface area contributed by atoms with Crippen LogP contribution >= 0.6 is 71.0 Å². The number of nitrogen functional groups attached to an aromatic ring is 1. The Hall–Kier alpha value is 0.545. The molecular weight excluding hydrogens is 1370 g/mol. The van der Waals surface area contributed by atoms with Crippen molar-refractivity contribution < 1.29 is 82.9 Å². The molecule has 3 aliphatic carbocycles. The molecule has 3 aliphatic heterocycles. The van der Waals surface area contributed by atoms with Crippen molar-refractivity contribution >= 4 is 229 Å². The first-order valence-electron chi connectivity index (χ1n) is 26.8. The fourth-order valence-electron chi connectivity index (χ4n) is 9.26. The molecule has 6 fully saturated rings. The average Bonchev–Trinajstić information content (AvgIpc) is 3.82. The molecule has 0 bridgehead atoms. The second-order valence-corrected chi connectivity index (χ2v) is 21.7. The zero-order valence-corrected chi connectivity index (χ0v) is 64.4. The summed E-state index contributed by atoms with van der Waals surface area (Å²) in [6.45, 7) is 15.0. The molecule has 3 radical (unpaired) electrons. The molecule has 3 saturated carbocycles. The number of Topliss-reactive ketones (excluding diaryl/α,β-unsaturated/α-hetero) is 1. The SMILES string of the molecule is C1COCCN1.CC(=O)OOC(C)=O.Clc1ncnc2c1c(Br)cn2C1CC(N2CCOCC2)C1.Nc1ncnc2c1c(Br)cn2C1CC(N2CCOCC2)C1.O.O=C1CC(n2cc(Br)c3c(Cl)ncnc32)C1.[B-]OC(C)=O.[Na+].[Na][Na].[Na][Na]. The van der Waals surface area contributed by atoms with E-state index in [0.29, 0.717) is 58.9 Å². The van der Waals surface area contributed by atoms with Crippen molar-refractivity contribution in [3.63, 3.8) is 0 Å². The Kier molecular flexibility index (Phi) is 38.5. The molecule has 83 heavy (non-hydrogen) atoms. The number of rotatable bonds is 5. The predicted molar refractivity (Wildman–Crippen MR) is 324 cm³/mol.